The molecule has 0 aliphatic heterocycles. The van der Waals surface area contributed by atoms with Gasteiger partial charge in [0, 0.05) is 0 Å². The maximum absolute atomic E-state index is 11.9. The molecule has 0 heterocycles. The number of carbonyl (C=O) groups is 1. The maximum Gasteiger partial charge on any atom is 0.309 e. The van der Waals surface area contributed by atoms with Crippen molar-refractivity contribution in [1.29, 1.82) is 0 Å². The number of carboxylic acid groups (broad SMARTS) is 1. The zero-order valence-electron chi connectivity index (χ0n) is 14.1. The summed E-state index contributed by atoms with van der Waals surface area (Å²) in [6, 6.07) is 6.31. The second kappa shape index (κ2) is 5.48. The first-order valence-corrected chi connectivity index (χ1v) is 8.49. The van der Waals surface area contributed by atoms with Crippen LogP contribution in [0, 0.1) is 11.3 Å². The van der Waals surface area contributed by atoms with Crippen molar-refractivity contribution in [2.75, 3.05) is 6.61 Å². The van der Waals surface area contributed by atoms with Crippen LogP contribution in [0.5, 0.6) is 0 Å². The average Bonchev–Trinajstić information content (AvgIpc) is 2.53. The maximum atomic E-state index is 11.9. The predicted molar refractivity (Wildman–Crippen MR) is 91.3 cm³/mol. The van der Waals surface area contributed by atoms with Crippen molar-refractivity contribution < 1.29 is 15.0 Å². The minimum absolute atomic E-state index is 0.0320. The van der Waals surface area contributed by atoms with E-state index in [-0.39, 0.29) is 17.9 Å². The first-order valence-electron chi connectivity index (χ1n) is 8.49. The second-order valence-electron chi connectivity index (χ2n) is 7.72. The van der Waals surface area contributed by atoms with Crippen molar-refractivity contribution in [2.24, 2.45) is 11.3 Å². The van der Waals surface area contributed by atoms with Gasteiger partial charge in [-0.1, -0.05) is 38.1 Å². The van der Waals surface area contributed by atoms with Crippen LogP contribution in [0.15, 0.2) is 24.8 Å². The van der Waals surface area contributed by atoms with Gasteiger partial charge in [0.25, 0.3) is 0 Å². The zero-order valence-corrected chi connectivity index (χ0v) is 14.1. The van der Waals surface area contributed by atoms with Crippen LogP contribution in [0.2, 0.25) is 0 Å². The van der Waals surface area contributed by atoms with Gasteiger partial charge in [-0.15, -0.1) is 0 Å². The van der Waals surface area contributed by atoms with E-state index in [1.54, 1.807) is 0 Å². The number of aryl methyl sites for hydroxylation is 1. The summed E-state index contributed by atoms with van der Waals surface area (Å²) < 4.78 is 0. The Morgan fingerprint density at radius 3 is 2.74 bits per heavy atom. The van der Waals surface area contributed by atoms with E-state index >= 15 is 0 Å². The molecule has 0 radical (unpaired) electrons. The third kappa shape index (κ3) is 2.33. The smallest absolute Gasteiger partial charge is 0.309 e. The zero-order chi connectivity index (χ0) is 16.8. The summed E-state index contributed by atoms with van der Waals surface area (Å²) >= 11 is 0. The molecule has 124 valence electrons. The second-order valence-corrected chi connectivity index (χ2v) is 7.72. The highest BCUT2D eigenvalue weighted by molar-refractivity contribution is 5.75. The van der Waals surface area contributed by atoms with Crippen LogP contribution in [-0.4, -0.2) is 22.8 Å². The topological polar surface area (TPSA) is 57.5 Å². The first kappa shape index (κ1) is 16.3. The summed E-state index contributed by atoms with van der Waals surface area (Å²) in [5, 5.41) is 19.1. The molecule has 3 heteroatoms. The number of carboxylic acids is 1. The Bertz CT molecular complexity index is 663. The molecule has 1 saturated carbocycles. The molecule has 2 N–H and O–H groups in total. The summed E-state index contributed by atoms with van der Waals surface area (Å²) in [5.74, 6) is -0.470. The number of benzene rings is 1. The summed E-state index contributed by atoms with van der Waals surface area (Å²) in [5.41, 5.74) is 3.63. The van der Waals surface area contributed by atoms with E-state index in [9.17, 15) is 15.0 Å². The lowest BCUT2D eigenvalue weighted by Crippen LogP contribution is -2.52. The Balaban J connectivity index is 2.06. The third-order valence-corrected chi connectivity index (χ3v) is 6.44. The molecule has 23 heavy (non-hydrogen) atoms. The molecule has 0 amide bonds. The Morgan fingerprint density at radius 1 is 1.35 bits per heavy atom. The first-order chi connectivity index (χ1) is 10.8. The average molecular weight is 314 g/mol. The molecule has 3 nitrogen and oxygen atoms in total. The van der Waals surface area contributed by atoms with Gasteiger partial charge in [-0.05, 0) is 66.2 Å². The lowest BCUT2D eigenvalue weighted by molar-refractivity contribution is -0.157. The van der Waals surface area contributed by atoms with Crippen molar-refractivity contribution in [3.8, 4) is 0 Å². The van der Waals surface area contributed by atoms with Crippen molar-refractivity contribution in [1.82, 2.24) is 0 Å². The van der Waals surface area contributed by atoms with Crippen LogP contribution >= 0.6 is 0 Å². The van der Waals surface area contributed by atoms with Gasteiger partial charge in [-0.2, -0.15) is 0 Å². The number of aliphatic carboxylic acids is 1. The van der Waals surface area contributed by atoms with Gasteiger partial charge in [-0.3, -0.25) is 4.79 Å². The molecule has 2 aliphatic rings. The van der Waals surface area contributed by atoms with Crippen LogP contribution in [0.1, 0.15) is 56.2 Å². The van der Waals surface area contributed by atoms with Gasteiger partial charge < -0.3 is 10.2 Å². The minimum atomic E-state index is -0.651. The van der Waals surface area contributed by atoms with Crippen LogP contribution in [0.3, 0.4) is 0 Å². The Kier molecular flexibility index (Phi) is 3.88. The molecule has 0 spiro atoms. The fourth-order valence-corrected chi connectivity index (χ4v) is 5.06. The molecule has 3 atom stereocenters. The van der Waals surface area contributed by atoms with Crippen LogP contribution in [0.4, 0.5) is 0 Å². The number of fused-ring (bicyclic) bond motifs is 3. The van der Waals surface area contributed by atoms with E-state index in [0.717, 1.165) is 43.2 Å². The molecule has 1 fully saturated rings. The van der Waals surface area contributed by atoms with E-state index in [0.29, 0.717) is 0 Å². The summed E-state index contributed by atoms with van der Waals surface area (Å²) in [6.45, 7) is 8.06. The predicted octanol–water partition coefficient (Wildman–Crippen LogP) is 3.79. The van der Waals surface area contributed by atoms with Crippen molar-refractivity contribution in [3.05, 3.63) is 41.5 Å². The van der Waals surface area contributed by atoms with Gasteiger partial charge in [0.15, 0.2) is 0 Å². The van der Waals surface area contributed by atoms with E-state index in [1.807, 2.05) is 13.0 Å². The third-order valence-electron chi connectivity index (χ3n) is 6.44. The number of hydrogen-bond acceptors (Lipinski definition) is 2. The van der Waals surface area contributed by atoms with Crippen molar-refractivity contribution in [3.63, 3.8) is 0 Å². The lowest BCUT2D eigenvalue weighted by atomic mass is 9.50. The molecule has 0 saturated heterocycles. The fourth-order valence-electron chi connectivity index (χ4n) is 5.06. The highest BCUT2D eigenvalue weighted by Gasteiger charge is 2.55. The SMILES string of the molecule is C=C(CO)c1ccc2c(c1)CCC1C(C)(C(=O)O)CCCC21C. The van der Waals surface area contributed by atoms with E-state index < -0.39 is 11.4 Å². The monoisotopic (exact) mass is 314 g/mol. The van der Waals surface area contributed by atoms with Gasteiger partial charge in [0.2, 0.25) is 0 Å². The van der Waals surface area contributed by atoms with E-state index in [1.165, 1.54) is 11.1 Å². The number of aliphatic hydroxyl groups excluding tert-OH is 1. The van der Waals surface area contributed by atoms with Crippen molar-refractivity contribution in [2.45, 2.75) is 51.4 Å². The summed E-state index contributed by atoms with van der Waals surface area (Å²) in [6.07, 6.45) is 4.61. The standard InChI is InChI=1S/C20H26O3/c1-13(12-21)14-5-7-16-15(11-14)6-8-17-19(16,2)9-4-10-20(17,3)18(22)23/h5,7,11,17,21H,1,4,6,8-10,12H2,2-3H3,(H,22,23). The van der Waals surface area contributed by atoms with Gasteiger partial charge in [0.05, 0.1) is 12.0 Å². The fraction of sp³-hybridized carbons (Fsp3) is 0.550. The van der Waals surface area contributed by atoms with E-state index in [4.69, 9.17) is 0 Å². The molecule has 0 aromatic heterocycles. The molecule has 0 bridgehead atoms. The molecule has 1 aromatic rings. The minimum Gasteiger partial charge on any atom is -0.481 e. The van der Waals surface area contributed by atoms with Gasteiger partial charge in [-0.25, -0.2) is 0 Å². The normalized spacial score (nSPS) is 32.7. The Hall–Kier alpha value is -1.61. The highest BCUT2D eigenvalue weighted by Crippen LogP contribution is 2.57. The van der Waals surface area contributed by atoms with Crippen molar-refractivity contribution >= 4 is 11.5 Å². The lowest BCUT2D eigenvalue weighted by Gasteiger charge is -2.53. The number of hydrogen-bond donors (Lipinski definition) is 2. The van der Waals surface area contributed by atoms with Crippen LogP contribution in [0.25, 0.3) is 5.57 Å². The van der Waals surface area contributed by atoms with E-state index in [2.05, 4.69) is 25.6 Å². The number of rotatable bonds is 3. The van der Waals surface area contributed by atoms with Gasteiger partial charge >= 0.3 is 5.97 Å². The quantitative estimate of drug-likeness (QED) is 0.892. The largest absolute Gasteiger partial charge is 0.481 e. The number of aliphatic hydroxyl groups is 1. The highest BCUT2D eigenvalue weighted by atomic mass is 16.4. The van der Waals surface area contributed by atoms with Crippen LogP contribution < -0.4 is 0 Å². The summed E-state index contributed by atoms with van der Waals surface area (Å²) in [7, 11) is 0. The Labute approximate surface area is 138 Å². The molecular weight excluding hydrogens is 288 g/mol. The van der Waals surface area contributed by atoms with Crippen LogP contribution in [-0.2, 0) is 16.6 Å². The molecule has 3 rings (SSSR count). The molecule has 1 aromatic carbocycles. The molecular formula is C20H26O3. The molecule has 2 aliphatic carbocycles. The Morgan fingerprint density at radius 2 is 2.09 bits per heavy atom. The summed E-state index contributed by atoms with van der Waals surface area (Å²) in [4.78, 5) is 11.9. The molecule has 3 unspecified atom stereocenters. The van der Waals surface area contributed by atoms with Gasteiger partial charge in [0.1, 0.15) is 0 Å².